The maximum Gasteiger partial charge on any atom is 0.264 e. The van der Waals surface area contributed by atoms with Crippen molar-refractivity contribution in [2.45, 2.75) is 50.6 Å². The predicted molar refractivity (Wildman–Crippen MR) is 184 cm³/mol. The van der Waals surface area contributed by atoms with Gasteiger partial charge in [-0.2, -0.15) is 0 Å². The van der Waals surface area contributed by atoms with Gasteiger partial charge in [0.15, 0.2) is 0 Å². The number of aryl methyl sites for hydroxylation is 1. The van der Waals surface area contributed by atoms with Gasteiger partial charge in [0.25, 0.3) is 10.0 Å². The first-order valence-corrected chi connectivity index (χ1v) is 17.4. The molecule has 0 radical (unpaired) electrons. The number of carbonyl (C=O) groups excluding carboxylic acids is 2. The quantitative estimate of drug-likeness (QED) is 0.141. The molecular formula is C35H37BrClN3O4S. The Morgan fingerprint density at radius 2 is 1.53 bits per heavy atom. The molecule has 10 heteroatoms. The van der Waals surface area contributed by atoms with E-state index in [9.17, 15) is 18.0 Å². The van der Waals surface area contributed by atoms with E-state index in [4.69, 9.17) is 11.6 Å². The first-order valence-electron chi connectivity index (χ1n) is 14.8. The van der Waals surface area contributed by atoms with Gasteiger partial charge in [0, 0.05) is 29.0 Å². The molecule has 0 aliphatic carbocycles. The summed E-state index contributed by atoms with van der Waals surface area (Å²) in [6, 6.07) is 28.9. The predicted octanol–water partition coefficient (Wildman–Crippen LogP) is 7.16. The Labute approximate surface area is 279 Å². The van der Waals surface area contributed by atoms with Crippen LogP contribution < -0.4 is 9.62 Å². The lowest BCUT2D eigenvalue weighted by Gasteiger charge is -2.34. The van der Waals surface area contributed by atoms with E-state index < -0.39 is 28.5 Å². The highest BCUT2D eigenvalue weighted by atomic mass is 79.9. The number of unbranched alkanes of at least 4 members (excludes halogenated alkanes) is 1. The van der Waals surface area contributed by atoms with Crippen LogP contribution in [-0.2, 0) is 32.6 Å². The fourth-order valence-corrected chi connectivity index (χ4v) is 6.72. The van der Waals surface area contributed by atoms with Crippen molar-refractivity contribution in [2.75, 3.05) is 17.4 Å². The summed E-state index contributed by atoms with van der Waals surface area (Å²) in [6.07, 6.45) is 1.91. The summed E-state index contributed by atoms with van der Waals surface area (Å²) in [4.78, 5) is 29.8. The molecule has 0 bridgehead atoms. The summed E-state index contributed by atoms with van der Waals surface area (Å²) >= 11 is 9.96. The van der Waals surface area contributed by atoms with Gasteiger partial charge in [-0.25, -0.2) is 8.42 Å². The highest BCUT2D eigenvalue weighted by molar-refractivity contribution is 9.10. The third-order valence-corrected chi connectivity index (χ3v) is 10.1. The Balaban J connectivity index is 1.79. The Kier molecular flexibility index (Phi) is 12.2. The fourth-order valence-electron chi connectivity index (χ4n) is 4.84. The summed E-state index contributed by atoms with van der Waals surface area (Å²) in [5, 5.41) is 3.43. The molecule has 7 nitrogen and oxygen atoms in total. The summed E-state index contributed by atoms with van der Waals surface area (Å²) in [5.74, 6) is -0.857. The highest BCUT2D eigenvalue weighted by Crippen LogP contribution is 2.27. The van der Waals surface area contributed by atoms with Gasteiger partial charge in [-0.05, 0) is 66.9 Å². The van der Waals surface area contributed by atoms with E-state index in [0.29, 0.717) is 22.8 Å². The van der Waals surface area contributed by atoms with E-state index in [1.165, 1.54) is 17.0 Å². The van der Waals surface area contributed by atoms with E-state index in [2.05, 4.69) is 21.2 Å². The number of hydrogen-bond donors (Lipinski definition) is 1. The summed E-state index contributed by atoms with van der Waals surface area (Å²) in [6.45, 7) is 3.84. The third kappa shape index (κ3) is 9.19. The minimum absolute atomic E-state index is 0.00988. The van der Waals surface area contributed by atoms with Gasteiger partial charge in [-0.1, -0.05) is 107 Å². The van der Waals surface area contributed by atoms with Crippen molar-refractivity contribution >= 4 is 55.1 Å². The molecule has 0 unspecified atom stereocenters. The molecule has 0 aliphatic rings. The first-order chi connectivity index (χ1) is 21.6. The van der Waals surface area contributed by atoms with Crippen LogP contribution in [0, 0.1) is 6.92 Å². The lowest BCUT2D eigenvalue weighted by molar-refractivity contribution is -0.140. The fraction of sp³-hybridized carbons (Fsp3) is 0.257. The van der Waals surface area contributed by atoms with Crippen LogP contribution in [0.2, 0.25) is 5.02 Å². The molecule has 45 heavy (non-hydrogen) atoms. The number of rotatable bonds is 14. The monoisotopic (exact) mass is 709 g/mol. The van der Waals surface area contributed by atoms with Crippen LogP contribution in [0.4, 0.5) is 5.69 Å². The zero-order valence-corrected chi connectivity index (χ0v) is 28.5. The maximum atomic E-state index is 14.5. The van der Waals surface area contributed by atoms with Crippen LogP contribution >= 0.6 is 27.5 Å². The SMILES string of the molecule is CCCCNC(=O)[C@@H](Cc1ccccc1)N(Cc1ccccc1Cl)C(=O)CN(c1ccc(Br)cc1)S(=O)(=O)c1ccc(C)cc1. The molecule has 0 saturated carbocycles. The molecule has 0 saturated heterocycles. The smallest absolute Gasteiger partial charge is 0.264 e. The highest BCUT2D eigenvalue weighted by Gasteiger charge is 2.34. The molecule has 1 N–H and O–H groups in total. The Morgan fingerprint density at radius 1 is 0.889 bits per heavy atom. The average molecular weight is 711 g/mol. The minimum Gasteiger partial charge on any atom is -0.354 e. The maximum absolute atomic E-state index is 14.5. The number of halogens is 2. The van der Waals surface area contributed by atoms with Gasteiger partial charge in [-0.3, -0.25) is 13.9 Å². The third-order valence-electron chi connectivity index (χ3n) is 7.40. The second kappa shape index (κ2) is 16.1. The van der Waals surface area contributed by atoms with E-state index in [1.807, 2.05) is 50.2 Å². The van der Waals surface area contributed by atoms with Gasteiger partial charge in [0.2, 0.25) is 11.8 Å². The van der Waals surface area contributed by atoms with Crippen LogP contribution in [-0.4, -0.2) is 44.3 Å². The largest absolute Gasteiger partial charge is 0.354 e. The molecule has 0 aromatic heterocycles. The number of nitrogens with one attached hydrogen (secondary N) is 1. The van der Waals surface area contributed by atoms with Gasteiger partial charge in [-0.15, -0.1) is 0 Å². The minimum atomic E-state index is -4.17. The number of amides is 2. The van der Waals surface area contributed by atoms with Crippen molar-refractivity contribution in [3.63, 3.8) is 0 Å². The molecule has 2 amide bonds. The number of sulfonamides is 1. The van der Waals surface area contributed by atoms with Crippen LogP contribution in [0.1, 0.15) is 36.5 Å². The second-order valence-electron chi connectivity index (χ2n) is 10.8. The number of nitrogens with zero attached hydrogens (tertiary/aromatic N) is 2. The van der Waals surface area contributed by atoms with Crippen molar-refractivity contribution < 1.29 is 18.0 Å². The van der Waals surface area contributed by atoms with Gasteiger partial charge in [0.05, 0.1) is 10.6 Å². The van der Waals surface area contributed by atoms with E-state index >= 15 is 0 Å². The Hall–Kier alpha value is -3.66. The molecule has 0 aliphatic heterocycles. The van der Waals surface area contributed by atoms with Crippen LogP contribution in [0.25, 0.3) is 0 Å². The lowest BCUT2D eigenvalue weighted by Crippen LogP contribution is -2.53. The molecule has 0 fully saturated rings. The van der Waals surface area contributed by atoms with E-state index in [1.54, 1.807) is 54.6 Å². The number of anilines is 1. The zero-order chi connectivity index (χ0) is 32.4. The van der Waals surface area contributed by atoms with Crippen LogP contribution in [0.5, 0.6) is 0 Å². The summed E-state index contributed by atoms with van der Waals surface area (Å²) in [7, 11) is -4.17. The van der Waals surface area contributed by atoms with Crippen molar-refractivity contribution in [1.29, 1.82) is 0 Å². The standard InChI is InChI=1S/C35H37BrClN3O4S/c1-3-4-22-38-35(42)33(23-27-10-6-5-7-11-27)39(24-28-12-8-9-13-32(28)37)34(41)25-40(30-18-16-29(36)17-19-30)45(43,44)31-20-14-26(2)15-21-31/h5-21,33H,3-4,22-25H2,1-2H3,(H,38,42)/t33-/m1/s1. The van der Waals surface area contributed by atoms with Gasteiger partial charge < -0.3 is 10.2 Å². The van der Waals surface area contributed by atoms with Crippen molar-refractivity contribution in [3.05, 3.63) is 129 Å². The van der Waals surface area contributed by atoms with Crippen molar-refractivity contribution in [1.82, 2.24) is 10.2 Å². The lowest BCUT2D eigenvalue weighted by atomic mass is 10.0. The average Bonchev–Trinajstić information content (AvgIpc) is 3.03. The zero-order valence-electron chi connectivity index (χ0n) is 25.3. The van der Waals surface area contributed by atoms with Crippen LogP contribution in [0.3, 0.4) is 0 Å². The van der Waals surface area contributed by atoms with Crippen molar-refractivity contribution in [3.8, 4) is 0 Å². The van der Waals surface area contributed by atoms with Crippen LogP contribution in [0.15, 0.2) is 112 Å². The van der Waals surface area contributed by atoms with E-state index in [-0.39, 0.29) is 23.8 Å². The number of carbonyl (C=O) groups is 2. The number of benzene rings is 4. The molecule has 4 aromatic rings. The molecule has 4 aromatic carbocycles. The molecule has 1 atom stereocenters. The normalized spacial score (nSPS) is 11.9. The molecule has 4 rings (SSSR count). The summed E-state index contributed by atoms with van der Waals surface area (Å²) in [5.41, 5.74) is 2.73. The Bertz CT molecular complexity index is 1680. The molecular weight excluding hydrogens is 674 g/mol. The van der Waals surface area contributed by atoms with Crippen molar-refractivity contribution in [2.24, 2.45) is 0 Å². The van der Waals surface area contributed by atoms with E-state index in [0.717, 1.165) is 32.7 Å². The first kappa shape index (κ1) is 34.2. The van der Waals surface area contributed by atoms with Gasteiger partial charge in [0.1, 0.15) is 12.6 Å². The van der Waals surface area contributed by atoms with Gasteiger partial charge >= 0.3 is 0 Å². The second-order valence-corrected chi connectivity index (χ2v) is 13.9. The molecule has 0 heterocycles. The number of hydrogen-bond acceptors (Lipinski definition) is 4. The topological polar surface area (TPSA) is 86.8 Å². The molecule has 0 spiro atoms. The summed E-state index contributed by atoms with van der Waals surface area (Å²) < 4.78 is 30.1. The molecule has 236 valence electrons. The Morgan fingerprint density at radius 3 is 2.18 bits per heavy atom.